The maximum Gasteiger partial charge on any atom is 0.326 e. The highest BCUT2D eigenvalue weighted by Crippen LogP contribution is 2.43. The summed E-state index contributed by atoms with van der Waals surface area (Å²) in [4.78, 5) is 27.6. The number of ether oxygens (including phenoxy) is 3. The van der Waals surface area contributed by atoms with Gasteiger partial charge in [0.1, 0.15) is 12.6 Å². The number of hydrogen-bond donors (Lipinski definition) is 1. The van der Waals surface area contributed by atoms with E-state index in [0.717, 1.165) is 5.56 Å². The fourth-order valence-electron chi connectivity index (χ4n) is 5.07. The lowest BCUT2D eigenvalue weighted by atomic mass is 9.90. The largest absolute Gasteiger partial charge is 0.493 e. The van der Waals surface area contributed by atoms with Gasteiger partial charge in [0.15, 0.2) is 17.6 Å². The predicted octanol–water partition coefficient (Wildman–Crippen LogP) is 5.17. The lowest BCUT2D eigenvalue weighted by Gasteiger charge is -2.40. The minimum atomic E-state index is -2.82. The van der Waals surface area contributed by atoms with E-state index >= 15 is 0 Å². The summed E-state index contributed by atoms with van der Waals surface area (Å²) in [5.41, 5.74) is 2.78. The molecule has 3 aromatic carbocycles. The van der Waals surface area contributed by atoms with Crippen LogP contribution in [0, 0.1) is 0 Å². The summed E-state index contributed by atoms with van der Waals surface area (Å²) >= 11 is 0. The third kappa shape index (κ3) is 5.73. The second-order valence-corrected chi connectivity index (χ2v) is 9.85. The normalized spacial score (nSPS) is 18.9. The van der Waals surface area contributed by atoms with Crippen molar-refractivity contribution >= 4 is 11.9 Å². The Hall–Kier alpha value is -3.98. The van der Waals surface area contributed by atoms with Gasteiger partial charge in [-0.1, -0.05) is 66.7 Å². The molecule has 0 bridgehead atoms. The first kappa shape index (κ1) is 26.6. The van der Waals surface area contributed by atoms with E-state index in [1.165, 1.54) is 12.0 Å². The van der Waals surface area contributed by atoms with Crippen molar-refractivity contribution in [2.75, 3.05) is 7.11 Å². The highest BCUT2D eigenvalue weighted by atomic mass is 19.3. The van der Waals surface area contributed by atoms with E-state index in [-0.39, 0.29) is 19.6 Å². The minimum absolute atomic E-state index is 0.00958. The zero-order chi connectivity index (χ0) is 27.6. The molecule has 39 heavy (non-hydrogen) atoms. The van der Waals surface area contributed by atoms with Crippen LogP contribution in [0.2, 0.25) is 0 Å². The molecule has 0 spiro atoms. The van der Waals surface area contributed by atoms with E-state index < -0.39 is 48.9 Å². The van der Waals surface area contributed by atoms with Gasteiger partial charge >= 0.3 is 5.97 Å². The van der Waals surface area contributed by atoms with Crippen molar-refractivity contribution in [2.24, 2.45) is 0 Å². The molecule has 7 nitrogen and oxygen atoms in total. The van der Waals surface area contributed by atoms with Gasteiger partial charge < -0.3 is 24.2 Å². The molecule has 1 aliphatic heterocycles. The average molecular weight is 538 g/mol. The first-order valence-corrected chi connectivity index (χ1v) is 12.7. The summed E-state index contributed by atoms with van der Waals surface area (Å²) in [6.07, 6.45) is -2.96. The van der Waals surface area contributed by atoms with Crippen LogP contribution in [0.5, 0.6) is 11.5 Å². The number of carbonyl (C=O) groups is 2. The number of fused-ring (bicyclic) bond motifs is 1. The van der Waals surface area contributed by atoms with Crippen LogP contribution in [0.15, 0.2) is 72.8 Å². The maximum absolute atomic E-state index is 13.9. The Bertz CT molecular complexity index is 1330. The number of amides is 1. The Balaban J connectivity index is 1.45. The number of aliphatic carboxylic acids is 1. The number of carboxylic acids is 1. The number of nitrogens with zero attached hydrogens (tertiary/aromatic N) is 1. The predicted molar refractivity (Wildman–Crippen MR) is 138 cm³/mol. The summed E-state index contributed by atoms with van der Waals surface area (Å²) in [5.74, 6) is -3.70. The molecule has 1 N–H and O–H groups in total. The molecule has 0 radical (unpaired) electrons. The molecule has 2 atom stereocenters. The van der Waals surface area contributed by atoms with Gasteiger partial charge in [-0.05, 0) is 22.8 Å². The van der Waals surface area contributed by atoms with Crippen LogP contribution >= 0.6 is 0 Å². The van der Waals surface area contributed by atoms with E-state index in [2.05, 4.69) is 0 Å². The van der Waals surface area contributed by atoms with Gasteiger partial charge in [0.05, 0.1) is 13.2 Å². The van der Waals surface area contributed by atoms with E-state index in [1.807, 2.05) is 30.3 Å². The molecular formula is C30H29F2NO6. The fourth-order valence-corrected chi connectivity index (χ4v) is 5.07. The van der Waals surface area contributed by atoms with Crippen LogP contribution in [0.1, 0.15) is 41.2 Å². The molecule has 5 rings (SSSR count). The van der Waals surface area contributed by atoms with E-state index in [4.69, 9.17) is 14.2 Å². The second-order valence-electron chi connectivity index (χ2n) is 9.85. The van der Waals surface area contributed by atoms with Gasteiger partial charge in [0.25, 0.3) is 11.8 Å². The highest BCUT2D eigenvalue weighted by Gasteiger charge is 2.49. The molecule has 3 aromatic rings. The van der Waals surface area contributed by atoms with Crippen LogP contribution in [0.3, 0.4) is 0 Å². The summed E-state index contributed by atoms with van der Waals surface area (Å²) in [6, 6.07) is 20.4. The molecule has 1 amide bonds. The third-order valence-corrected chi connectivity index (χ3v) is 7.16. The molecule has 1 saturated carbocycles. The Labute approximate surface area is 224 Å². The van der Waals surface area contributed by atoms with E-state index in [0.29, 0.717) is 28.2 Å². The number of carbonyl (C=O) groups excluding carboxylic acids is 1. The number of hydrogen-bond acceptors (Lipinski definition) is 5. The first-order valence-electron chi connectivity index (χ1n) is 12.7. The molecule has 2 aliphatic rings. The molecule has 1 heterocycles. The highest BCUT2D eigenvalue weighted by molar-refractivity contribution is 5.88. The quantitative estimate of drug-likeness (QED) is 0.406. The second kappa shape index (κ2) is 11.0. The lowest BCUT2D eigenvalue weighted by Crippen LogP contribution is -2.51. The molecule has 1 aliphatic carbocycles. The van der Waals surface area contributed by atoms with E-state index in [9.17, 15) is 23.5 Å². The van der Waals surface area contributed by atoms with Crippen LogP contribution < -0.4 is 9.47 Å². The molecule has 204 valence electrons. The number of carboxylic acid groups (broad SMARTS) is 1. The number of alkyl halides is 2. The van der Waals surface area contributed by atoms with Crippen molar-refractivity contribution in [3.05, 3.63) is 95.1 Å². The first-order chi connectivity index (χ1) is 18.8. The molecular weight excluding hydrogens is 508 g/mol. The summed E-state index contributed by atoms with van der Waals surface area (Å²) in [5, 5.41) is 10.2. The van der Waals surface area contributed by atoms with Gasteiger partial charge in [-0.3, -0.25) is 4.79 Å². The van der Waals surface area contributed by atoms with Crippen molar-refractivity contribution in [3.8, 4) is 11.5 Å². The summed E-state index contributed by atoms with van der Waals surface area (Å²) < 4.78 is 44.6. The molecule has 1 unspecified atom stereocenters. The summed E-state index contributed by atoms with van der Waals surface area (Å²) in [6.45, 7) is 0.244. The standard InChI is InChI=1S/C30H29F2NO6/c1-37-25-13-12-21-17-33(24(29(35)36)14-23(21)27(25)38-18-19-8-4-2-5-9-19)28(34)26(20-10-6-3-7-11-20)39-22-15-30(31,32)16-22/h2-13,22,24,26H,14-18H2,1H3,(H,35,36)/t24?,26-/m0/s1. The van der Waals surface area contributed by atoms with Crippen molar-refractivity contribution in [1.29, 1.82) is 0 Å². The maximum atomic E-state index is 13.9. The number of benzene rings is 3. The van der Waals surface area contributed by atoms with Crippen LogP contribution in [-0.4, -0.2) is 47.1 Å². The van der Waals surface area contributed by atoms with Crippen molar-refractivity contribution in [2.45, 2.75) is 56.6 Å². The fraction of sp³-hybridized carbons (Fsp3) is 0.333. The van der Waals surface area contributed by atoms with Crippen LogP contribution in [0.4, 0.5) is 8.78 Å². The van der Waals surface area contributed by atoms with Gasteiger partial charge in [0, 0.05) is 31.4 Å². The van der Waals surface area contributed by atoms with Gasteiger partial charge in [-0.25, -0.2) is 13.6 Å². The minimum Gasteiger partial charge on any atom is -0.493 e. The lowest BCUT2D eigenvalue weighted by molar-refractivity contribution is -0.193. The average Bonchev–Trinajstić information content (AvgIpc) is 2.93. The monoisotopic (exact) mass is 537 g/mol. The zero-order valence-electron chi connectivity index (χ0n) is 21.4. The van der Waals surface area contributed by atoms with Crippen LogP contribution in [0.25, 0.3) is 0 Å². The Kier molecular flexibility index (Phi) is 7.52. The molecule has 9 heteroatoms. The van der Waals surface area contributed by atoms with Gasteiger partial charge in [-0.15, -0.1) is 0 Å². The van der Waals surface area contributed by atoms with Gasteiger partial charge in [-0.2, -0.15) is 0 Å². The number of methoxy groups -OCH3 is 1. The van der Waals surface area contributed by atoms with Crippen molar-refractivity contribution in [1.82, 2.24) is 4.90 Å². The smallest absolute Gasteiger partial charge is 0.326 e. The summed E-state index contributed by atoms with van der Waals surface area (Å²) in [7, 11) is 1.51. The molecule has 0 aromatic heterocycles. The number of halogens is 2. The molecule has 0 saturated heterocycles. The third-order valence-electron chi connectivity index (χ3n) is 7.16. The van der Waals surface area contributed by atoms with E-state index in [1.54, 1.807) is 42.5 Å². The molecule has 1 fully saturated rings. The van der Waals surface area contributed by atoms with Crippen molar-refractivity contribution < 1.29 is 37.7 Å². The number of rotatable bonds is 9. The topological polar surface area (TPSA) is 85.3 Å². The van der Waals surface area contributed by atoms with Crippen LogP contribution in [-0.2, 0) is 33.9 Å². The van der Waals surface area contributed by atoms with Gasteiger partial charge in [0.2, 0.25) is 0 Å². The Morgan fingerprint density at radius 2 is 1.69 bits per heavy atom. The Morgan fingerprint density at radius 3 is 2.31 bits per heavy atom. The SMILES string of the molecule is COc1ccc2c(c1OCc1ccccc1)CC(C(=O)O)N(C(=O)[C@@H](OC1CC(F)(F)C1)c1ccccc1)C2. The van der Waals surface area contributed by atoms with Crippen molar-refractivity contribution in [3.63, 3.8) is 0 Å². The Morgan fingerprint density at radius 1 is 1.03 bits per heavy atom. The zero-order valence-corrected chi connectivity index (χ0v) is 21.4.